The van der Waals surface area contributed by atoms with Crippen LogP contribution in [0.15, 0.2) is 102 Å². The summed E-state index contributed by atoms with van der Waals surface area (Å²) in [5.74, 6) is 0.803. The first-order valence-electron chi connectivity index (χ1n) is 11.2. The van der Waals surface area contributed by atoms with Gasteiger partial charge in [-0.2, -0.15) is 0 Å². The lowest BCUT2D eigenvalue weighted by Gasteiger charge is -2.13. The van der Waals surface area contributed by atoms with Gasteiger partial charge in [0.15, 0.2) is 0 Å². The first-order chi connectivity index (χ1) is 17.9. The molecule has 186 valence electrons. The van der Waals surface area contributed by atoms with E-state index in [0.29, 0.717) is 33.6 Å². The number of aliphatic hydroxyl groups is 1. The van der Waals surface area contributed by atoms with Crippen molar-refractivity contribution in [2.45, 2.75) is 11.3 Å². The maximum Gasteiger partial charge on any atom is 0.336 e. The van der Waals surface area contributed by atoms with E-state index >= 15 is 0 Å². The highest BCUT2D eigenvalue weighted by Gasteiger charge is 2.16. The summed E-state index contributed by atoms with van der Waals surface area (Å²) in [4.78, 5) is 16.2. The van der Waals surface area contributed by atoms with Crippen molar-refractivity contribution in [3.8, 4) is 28.3 Å². The van der Waals surface area contributed by atoms with Crippen LogP contribution in [0.25, 0.3) is 33.5 Å². The Kier molecular flexibility index (Phi) is 7.99. The predicted molar refractivity (Wildman–Crippen MR) is 151 cm³/mol. The van der Waals surface area contributed by atoms with Crippen molar-refractivity contribution >= 4 is 54.6 Å². The third-order valence-electron chi connectivity index (χ3n) is 5.31. The minimum absolute atomic E-state index is 0.0532. The Balaban J connectivity index is 1.30. The standard InChI is InChI=1S/C27H19Br2N3O4S/c28-19-5-1-3-17(11-19)25-26(18-4-2-6-20(29)12-18)31-32-27(30-25)37-15-21(33)14-35-22-9-7-16-8-10-24(34)36-23(16)13-22/h1-13,21,33H,14-15H2. The van der Waals surface area contributed by atoms with Crippen LogP contribution >= 0.6 is 43.6 Å². The topological polar surface area (TPSA) is 98.3 Å². The summed E-state index contributed by atoms with van der Waals surface area (Å²) >= 11 is 8.34. The Morgan fingerprint density at radius 1 is 0.892 bits per heavy atom. The first-order valence-corrected chi connectivity index (χ1v) is 13.8. The van der Waals surface area contributed by atoms with Gasteiger partial charge >= 0.3 is 5.63 Å². The van der Waals surface area contributed by atoms with Crippen LogP contribution in [0.1, 0.15) is 0 Å². The summed E-state index contributed by atoms with van der Waals surface area (Å²) in [6.07, 6.45) is -0.786. The molecule has 0 amide bonds. The molecule has 2 heterocycles. The van der Waals surface area contributed by atoms with Gasteiger partial charge in [0.1, 0.15) is 29.3 Å². The Bertz CT molecular complexity index is 1630. The molecule has 0 fully saturated rings. The molecule has 37 heavy (non-hydrogen) atoms. The molecule has 0 saturated heterocycles. The van der Waals surface area contributed by atoms with Gasteiger partial charge in [0.2, 0.25) is 5.16 Å². The van der Waals surface area contributed by atoms with Gasteiger partial charge in [-0.3, -0.25) is 0 Å². The molecule has 3 aromatic carbocycles. The Morgan fingerprint density at radius 3 is 2.32 bits per heavy atom. The number of ether oxygens (including phenoxy) is 1. The molecule has 0 bridgehead atoms. The second kappa shape index (κ2) is 11.6. The van der Waals surface area contributed by atoms with E-state index in [4.69, 9.17) is 14.1 Å². The zero-order chi connectivity index (χ0) is 25.8. The fraction of sp³-hybridized carbons (Fsp3) is 0.111. The molecule has 1 N–H and O–H groups in total. The van der Waals surface area contributed by atoms with Crippen LogP contribution in [0.4, 0.5) is 0 Å². The maximum absolute atomic E-state index is 11.5. The van der Waals surface area contributed by atoms with Crippen molar-refractivity contribution in [1.82, 2.24) is 15.2 Å². The molecule has 0 aliphatic rings. The summed E-state index contributed by atoms with van der Waals surface area (Å²) in [6, 6.07) is 23.9. The number of aromatic nitrogens is 3. The summed E-state index contributed by atoms with van der Waals surface area (Å²) in [5, 5.41) is 20.5. The molecule has 5 rings (SSSR count). The second-order valence-corrected chi connectivity index (χ2v) is 10.9. The van der Waals surface area contributed by atoms with Gasteiger partial charge in [0, 0.05) is 43.3 Å². The molecular weight excluding hydrogens is 622 g/mol. The highest BCUT2D eigenvalue weighted by Crippen LogP contribution is 2.32. The molecule has 0 radical (unpaired) electrons. The van der Waals surface area contributed by atoms with Gasteiger partial charge in [0.05, 0.1) is 6.10 Å². The van der Waals surface area contributed by atoms with Crippen LogP contribution in [-0.2, 0) is 0 Å². The van der Waals surface area contributed by atoms with Crippen molar-refractivity contribution in [1.29, 1.82) is 0 Å². The molecule has 7 nitrogen and oxygen atoms in total. The predicted octanol–water partition coefficient (Wildman–Crippen LogP) is 6.37. The number of fused-ring (bicyclic) bond motifs is 1. The third kappa shape index (κ3) is 6.45. The minimum Gasteiger partial charge on any atom is -0.491 e. The number of nitrogens with zero attached hydrogens (tertiary/aromatic N) is 3. The van der Waals surface area contributed by atoms with E-state index in [9.17, 15) is 9.90 Å². The van der Waals surface area contributed by atoms with Crippen molar-refractivity contribution in [3.63, 3.8) is 0 Å². The quantitative estimate of drug-likeness (QED) is 0.154. The lowest BCUT2D eigenvalue weighted by Crippen LogP contribution is -2.20. The summed E-state index contributed by atoms with van der Waals surface area (Å²) in [5.41, 5.74) is 3.14. The van der Waals surface area contributed by atoms with Crippen LogP contribution in [-0.4, -0.2) is 38.8 Å². The largest absolute Gasteiger partial charge is 0.491 e. The molecule has 0 aliphatic heterocycles. The van der Waals surface area contributed by atoms with Crippen molar-refractivity contribution in [3.05, 3.63) is 98.2 Å². The van der Waals surface area contributed by atoms with Gasteiger partial charge in [-0.25, -0.2) is 9.78 Å². The van der Waals surface area contributed by atoms with Crippen molar-refractivity contribution in [2.75, 3.05) is 12.4 Å². The van der Waals surface area contributed by atoms with Crippen LogP contribution in [0.2, 0.25) is 0 Å². The zero-order valence-corrected chi connectivity index (χ0v) is 23.2. The van der Waals surface area contributed by atoms with Gasteiger partial charge in [0.25, 0.3) is 0 Å². The number of hydrogen-bond donors (Lipinski definition) is 1. The van der Waals surface area contributed by atoms with E-state index in [-0.39, 0.29) is 6.61 Å². The van der Waals surface area contributed by atoms with E-state index in [1.165, 1.54) is 17.8 Å². The Labute approximate surface area is 233 Å². The maximum atomic E-state index is 11.5. The zero-order valence-electron chi connectivity index (χ0n) is 19.2. The van der Waals surface area contributed by atoms with Crippen LogP contribution in [0.3, 0.4) is 0 Å². The number of halogens is 2. The monoisotopic (exact) mass is 639 g/mol. The van der Waals surface area contributed by atoms with Crippen molar-refractivity contribution in [2.24, 2.45) is 0 Å². The number of hydrogen-bond acceptors (Lipinski definition) is 8. The normalized spacial score (nSPS) is 12.0. The average molecular weight is 641 g/mol. The summed E-state index contributed by atoms with van der Waals surface area (Å²) < 4.78 is 12.8. The molecule has 1 unspecified atom stereocenters. The Hall–Kier alpha value is -3.05. The molecule has 1 atom stereocenters. The van der Waals surface area contributed by atoms with Gasteiger partial charge in [-0.1, -0.05) is 67.9 Å². The van der Waals surface area contributed by atoms with Gasteiger partial charge in [-0.05, 0) is 42.5 Å². The molecule has 5 aromatic rings. The molecule has 0 spiro atoms. The fourth-order valence-electron chi connectivity index (χ4n) is 3.58. The van der Waals surface area contributed by atoms with Crippen LogP contribution in [0.5, 0.6) is 5.75 Å². The minimum atomic E-state index is -0.786. The van der Waals surface area contributed by atoms with Crippen molar-refractivity contribution < 1.29 is 14.3 Å². The molecular formula is C27H19Br2N3O4S. The fourth-order valence-corrected chi connectivity index (χ4v) is 5.07. The van der Waals surface area contributed by atoms with Crippen LogP contribution < -0.4 is 10.4 Å². The third-order valence-corrected chi connectivity index (χ3v) is 7.27. The van der Waals surface area contributed by atoms with E-state index in [0.717, 1.165) is 25.5 Å². The SMILES string of the molecule is O=c1ccc2ccc(OCC(O)CSc3nnc(-c4cccc(Br)c4)c(-c4cccc(Br)c4)n3)cc2o1. The van der Waals surface area contributed by atoms with Crippen LogP contribution in [0, 0.1) is 0 Å². The lowest BCUT2D eigenvalue weighted by molar-refractivity contribution is 0.126. The first kappa shape index (κ1) is 25.6. The lowest BCUT2D eigenvalue weighted by atomic mass is 10.0. The number of thioether (sulfide) groups is 1. The molecule has 0 saturated carbocycles. The highest BCUT2D eigenvalue weighted by molar-refractivity contribution is 9.10. The molecule has 10 heteroatoms. The molecule has 0 aliphatic carbocycles. The molecule has 2 aromatic heterocycles. The summed E-state index contributed by atoms with van der Waals surface area (Å²) in [7, 11) is 0. The number of rotatable bonds is 8. The van der Waals surface area contributed by atoms with Gasteiger partial charge < -0.3 is 14.3 Å². The van der Waals surface area contributed by atoms with Gasteiger partial charge in [-0.15, -0.1) is 10.2 Å². The second-order valence-electron chi connectivity index (χ2n) is 8.04. The highest BCUT2D eigenvalue weighted by atomic mass is 79.9. The smallest absolute Gasteiger partial charge is 0.336 e. The number of aliphatic hydroxyl groups excluding tert-OH is 1. The van der Waals surface area contributed by atoms with E-state index in [1.807, 2.05) is 48.5 Å². The van der Waals surface area contributed by atoms with E-state index in [2.05, 4.69) is 42.1 Å². The average Bonchev–Trinajstić information content (AvgIpc) is 2.90. The summed E-state index contributed by atoms with van der Waals surface area (Å²) in [6.45, 7) is 0.0532. The Morgan fingerprint density at radius 2 is 1.59 bits per heavy atom. The van der Waals surface area contributed by atoms with E-state index in [1.54, 1.807) is 24.3 Å². The van der Waals surface area contributed by atoms with E-state index < -0.39 is 11.7 Å². The number of benzene rings is 3.